The lowest BCUT2D eigenvalue weighted by molar-refractivity contribution is 0.521. The van der Waals surface area contributed by atoms with Crippen molar-refractivity contribution in [3.05, 3.63) is 77.6 Å². The molecule has 3 aromatic rings. The van der Waals surface area contributed by atoms with E-state index in [0.717, 1.165) is 55.6 Å². The third-order valence-corrected chi connectivity index (χ3v) is 10.2. The molecular weight excluding hydrogens is 595 g/mol. The summed E-state index contributed by atoms with van der Waals surface area (Å²) in [4.78, 5) is 15.0. The highest BCUT2D eigenvalue weighted by Crippen LogP contribution is 2.49. The van der Waals surface area contributed by atoms with E-state index in [9.17, 15) is 25.6 Å². The quantitative estimate of drug-likeness (QED) is 0.363. The zero-order valence-electron chi connectivity index (χ0n) is 22.0. The lowest BCUT2D eigenvalue weighted by Gasteiger charge is -2.19. The molecule has 0 aliphatic carbocycles. The Hall–Kier alpha value is -3.30. The van der Waals surface area contributed by atoms with Gasteiger partial charge in [-0.2, -0.15) is 0 Å². The van der Waals surface area contributed by atoms with Crippen molar-refractivity contribution >= 4 is 48.4 Å². The van der Waals surface area contributed by atoms with E-state index < -0.39 is 42.4 Å². The van der Waals surface area contributed by atoms with Gasteiger partial charge >= 0.3 is 0 Å². The van der Waals surface area contributed by atoms with Crippen molar-refractivity contribution in [2.45, 2.75) is 29.0 Å². The monoisotopic (exact) mass is 622 g/mol. The number of halogens is 2. The van der Waals surface area contributed by atoms with Crippen molar-refractivity contribution in [3.8, 4) is 0 Å². The number of hydrogen-bond acceptors (Lipinski definition) is 10. The van der Waals surface area contributed by atoms with Crippen LogP contribution in [0.3, 0.4) is 0 Å². The fraction of sp³-hybridized carbons (Fsp3) is 0.346. The third kappa shape index (κ3) is 6.96. The summed E-state index contributed by atoms with van der Waals surface area (Å²) >= 11 is 1.54. The van der Waals surface area contributed by atoms with Crippen molar-refractivity contribution < 1.29 is 25.6 Å². The van der Waals surface area contributed by atoms with Gasteiger partial charge in [-0.3, -0.25) is 9.71 Å². The maximum absolute atomic E-state index is 14.2. The van der Waals surface area contributed by atoms with Gasteiger partial charge in [-0.1, -0.05) is 30.0 Å². The molecule has 2 atom stereocenters. The molecule has 2 aliphatic heterocycles. The van der Waals surface area contributed by atoms with Crippen molar-refractivity contribution in [2.24, 2.45) is 4.99 Å². The number of sulfone groups is 1. The molecule has 1 fully saturated rings. The zero-order valence-corrected chi connectivity index (χ0v) is 24.4. The van der Waals surface area contributed by atoms with Crippen LogP contribution in [-0.2, 0) is 19.9 Å². The average Bonchev–Trinajstić information content (AvgIpc) is 3.58. The zero-order chi connectivity index (χ0) is 29.2. The number of amidine groups is 1. The third-order valence-electron chi connectivity index (χ3n) is 6.54. The van der Waals surface area contributed by atoms with Gasteiger partial charge in [0.2, 0.25) is 5.95 Å². The van der Waals surface area contributed by atoms with Crippen LogP contribution < -0.4 is 10.0 Å². The van der Waals surface area contributed by atoms with Crippen LogP contribution in [0.4, 0.5) is 20.4 Å². The molecule has 0 bridgehead atoms. The van der Waals surface area contributed by atoms with Crippen LogP contribution in [0, 0.1) is 11.6 Å². The Balaban J connectivity index is 1.44. The van der Waals surface area contributed by atoms with Crippen LogP contribution in [0.15, 0.2) is 64.6 Å². The predicted octanol–water partition coefficient (Wildman–Crippen LogP) is 3.99. The molecule has 0 spiro atoms. The molecule has 3 heterocycles. The van der Waals surface area contributed by atoms with Gasteiger partial charge in [0, 0.05) is 37.8 Å². The summed E-state index contributed by atoms with van der Waals surface area (Å²) in [6.45, 7) is 1.91. The van der Waals surface area contributed by atoms with Crippen molar-refractivity contribution in [1.29, 1.82) is 0 Å². The minimum atomic E-state index is -4.55. The van der Waals surface area contributed by atoms with Crippen molar-refractivity contribution in [2.75, 3.05) is 41.7 Å². The van der Waals surface area contributed by atoms with Gasteiger partial charge in [0.15, 0.2) is 10.1 Å². The largest absolute Gasteiger partial charge is 0.353 e. The van der Waals surface area contributed by atoms with E-state index in [1.54, 1.807) is 36.2 Å². The molecule has 2 unspecified atom stereocenters. The van der Waals surface area contributed by atoms with E-state index in [-0.39, 0.29) is 29.2 Å². The number of likely N-dealkylation sites (tertiary alicyclic amines) is 1. The average molecular weight is 623 g/mol. The first-order chi connectivity index (χ1) is 19.5. The van der Waals surface area contributed by atoms with Crippen LogP contribution in [0.1, 0.15) is 35.4 Å². The number of aliphatic imine (C=N–C) groups is 1. The SMILES string of the molecule is CS(=O)(=O)CCNc1nccc(C2SC(N3CCCC3)=NC2c2cccc(NS(=O)(=O)c3c(F)cccc3F)c2)n1. The topological polar surface area (TPSA) is 134 Å². The standard InChI is InChI=1S/C26H28F2N6O4S3/c1-40(35,36)15-12-30-25-29-11-10-21(31-25)23-22(32-26(39-23)34-13-2-3-14-34)17-6-4-7-18(16-17)33-41(37,38)24-19(27)8-5-9-20(24)28/h4-11,16,22-23,33H,2-3,12-15H2,1H3,(H,29,30,31). The fourth-order valence-electron chi connectivity index (χ4n) is 4.63. The first kappa shape index (κ1) is 29.2. The summed E-state index contributed by atoms with van der Waals surface area (Å²) in [6, 6.07) is 10.7. The minimum Gasteiger partial charge on any atom is -0.353 e. The van der Waals surface area contributed by atoms with Crippen LogP contribution in [0.25, 0.3) is 0 Å². The van der Waals surface area contributed by atoms with E-state index >= 15 is 0 Å². The number of nitrogens with one attached hydrogen (secondary N) is 2. The fourth-order valence-corrected chi connectivity index (χ4v) is 7.62. The van der Waals surface area contributed by atoms with E-state index in [2.05, 4.69) is 24.9 Å². The maximum Gasteiger partial charge on any atom is 0.267 e. The summed E-state index contributed by atoms with van der Waals surface area (Å²) in [5, 5.41) is 3.51. The normalized spacial score (nSPS) is 19.3. The highest BCUT2D eigenvalue weighted by atomic mass is 32.2. The molecule has 1 aromatic heterocycles. The van der Waals surface area contributed by atoms with Gasteiger partial charge in [0.1, 0.15) is 21.5 Å². The number of benzene rings is 2. The Morgan fingerprint density at radius 3 is 2.44 bits per heavy atom. The van der Waals surface area contributed by atoms with Crippen molar-refractivity contribution in [1.82, 2.24) is 14.9 Å². The number of hydrogen-bond donors (Lipinski definition) is 2. The Labute approximate surface area is 241 Å². The van der Waals surface area contributed by atoms with E-state index in [0.29, 0.717) is 11.3 Å². The number of sulfonamides is 1. The van der Waals surface area contributed by atoms with Gasteiger partial charge < -0.3 is 10.2 Å². The molecule has 0 radical (unpaired) electrons. The molecule has 0 amide bonds. The van der Waals surface area contributed by atoms with Crippen LogP contribution in [-0.4, -0.2) is 68.5 Å². The van der Waals surface area contributed by atoms with Gasteiger partial charge in [-0.25, -0.2) is 35.6 Å². The summed E-state index contributed by atoms with van der Waals surface area (Å²) < 4.78 is 79.5. The summed E-state index contributed by atoms with van der Waals surface area (Å²) in [7, 11) is -7.71. The van der Waals surface area contributed by atoms with Crippen LogP contribution in [0.2, 0.25) is 0 Å². The molecule has 218 valence electrons. The molecule has 2 aliphatic rings. The second kappa shape index (κ2) is 11.9. The summed E-state index contributed by atoms with van der Waals surface area (Å²) in [5.74, 6) is -2.16. The highest BCUT2D eigenvalue weighted by molar-refractivity contribution is 8.14. The highest BCUT2D eigenvalue weighted by Gasteiger charge is 2.37. The van der Waals surface area contributed by atoms with Crippen LogP contribution in [0.5, 0.6) is 0 Å². The van der Waals surface area contributed by atoms with Gasteiger partial charge in [0.05, 0.1) is 22.7 Å². The lowest BCUT2D eigenvalue weighted by atomic mass is 10.0. The summed E-state index contributed by atoms with van der Waals surface area (Å²) in [5.41, 5.74) is 1.47. The molecule has 2 aromatic carbocycles. The van der Waals surface area contributed by atoms with Gasteiger partial charge in [-0.05, 0) is 48.7 Å². The molecule has 5 rings (SSSR count). The first-order valence-corrected chi connectivity index (χ1v) is 17.2. The Morgan fingerprint density at radius 2 is 1.73 bits per heavy atom. The van der Waals surface area contributed by atoms with Crippen molar-refractivity contribution in [3.63, 3.8) is 0 Å². The van der Waals surface area contributed by atoms with Crippen LogP contribution >= 0.6 is 11.8 Å². The Kier molecular flexibility index (Phi) is 8.47. The molecule has 41 heavy (non-hydrogen) atoms. The minimum absolute atomic E-state index is 0.0664. The molecule has 0 saturated carbocycles. The molecule has 2 N–H and O–H groups in total. The Morgan fingerprint density at radius 1 is 1.02 bits per heavy atom. The number of aromatic nitrogens is 2. The maximum atomic E-state index is 14.2. The molecule has 1 saturated heterocycles. The number of thioether (sulfide) groups is 1. The summed E-state index contributed by atoms with van der Waals surface area (Å²) in [6.07, 6.45) is 4.86. The number of rotatable bonds is 9. The Bertz CT molecular complexity index is 1660. The van der Waals surface area contributed by atoms with E-state index in [4.69, 9.17) is 4.99 Å². The second-order valence-corrected chi connectivity index (χ2v) is 14.7. The lowest BCUT2D eigenvalue weighted by Crippen LogP contribution is -2.23. The van der Waals surface area contributed by atoms with E-state index in [1.807, 2.05) is 6.07 Å². The molecule has 15 heteroatoms. The van der Waals surface area contributed by atoms with E-state index in [1.165, 1.54) is 6.07 Å². The second-order valence-electron chi connectivity index (χ2n) is 9.73. The molecule has 10 nitrogen and oxygen atoms in total. The first-order valence-electron chi connectivity index (χ1n) is 12.8. The number of anilines is 2. The number of nitrogens with zero attached hydrogens (tertiary/aromatic N) is 4. The smallest absolute Gasteiger partial charge is 0.267 e. The van der Waals surface area contributed by atoms with Gasteiger partial charge in [-0.15, -0.1) is 0 Å². The predicted molar refractivity (Wildman–Crippen MR) is 155 cm³/mol. The molecular formula is C26H28F2N6O4S3. The van der Waals surface area contributed by atoms with Gasteiger partial charge in [0.25, 0.3) is 10.0 Å².